The van der Waals surface area contributed by atoms with Gasteiger partial charge in [-0.2, -0.15) is 0 Å². The molecule has 1 aliphatic rings. The minimum Gasteiger partial charge on any atom is -0.458 e. The molecule has 1 heterocycles. The fourth-order valence-corrected chi connectivity index (χ4v) is 7.72. The SMILES string of the molecule is C=C1C[C@@H]([C@H](OC)[C@@H](C)C(=O)N[C@@H](Cc2ccccc2)C(=O)OC(C)(C)C)N(C(=O)C[C@@H](OC)[C@H]([C@@H](C)CC)N(C)C(=O)[C@@H](NC(=O)[C@@H](NC)C(C)C)C(C)C)C1. The lowest BCUT2D eigenvalue weighted by atomic mass is 9.89. The Labute approximate surface area is 342 Å². The van der Waals surface area contributed by atoms with Crippen LogP contribution in [-0.2, 0) is 44.6 Å². The van der Waals surface area contributed by atoms with Gasteiger partial charge in [0.05, 0.1) is 42.7 Å². The molecule has 4 amide bonds. The molecule has 1 aromatic carbocycles. The Morgan fingerprint density at radius 2 is 1.51 bits per heavy atom. The first-order valence-electron chi connectivity index (χ1n) is 20.4. The van der Waals surface area contributed by atoms with Crippen molar-refractivity contribution in [3.8, 4) is 0 Å². The van der Waals surface area contributed by atoms with Crippen LogP contribution in [0.3, 0.4) is 0 Å². The molecule has 1 saturated heterocycles. The highest BCUT2D eigenvalue weighted by molar-refractivity contribution is 5.90. The number of benzene rings is 1. The Bertz CT molecular complexity index is 1490. The van der Waals surface area contributed by atoms with E-state index in [0.29, 0.717) is 12.8 Å². The van der Waals surface area contributed by atoms with Crippen LogP contribution >= 0.6 is 0 Å². The molecule has 0 unspecified atom stereocenters. The standard InChI is InChI=1S/C44H73N5O8/c1-16-29(7)38(48(13)42(53)37(27(4)5)47-41(52)36(45-12)26(2)3)34(55-14)24-35(50)49-25-28(6)22-33(49)39(56-15)30(8)40(51)46-32(43(54)57-44(9,10)11)23-31-20-18-17-19-21-31/h17-21,26-27,29-30,32-34,36-39,45H,6,16,22-25H2,1-5,7-15H3,(H,46,51)(H,47,52)/t29-,30+,32-,33-,34+,36-,37-,38-,39+/m0/s1. The van der Waals surface area contributed by atoms with Crippen molar-refractivity contribution in [2.45, 2.75) is 143 Å². The zero-order valence-electron chi connectivity index (χ0n) is 37.1. The third-order valence-electron chi connectivity index (χ3n) is 11.0. The van der Waals surface area contributed by atoms with Crippen LogP contribution < -0.4 is 16.0 Å². The third kappa shape index (κ3) is 13.9. The van der Waals surface area contributed by atoms with E-state index in [1.54, 1.807) is 51.6 Å². The minimum absolute atomic E-state index is 0.0155. The molecule has 13 nitrogen and oxygen atoms in total. The van der Waals surface area contributed by atoms with E-state index in [0.717, 1.165) is 11.1 Å². The topological polar surface area (TPSA) is 156 Å². The van der Waals surface area contributed by atoms with Gasteiger partial charge in [-0.05, 0) is 57.6 Å². The summed E-state index contributed by atoms with van der Waals surface area (Å²) in [5.41, 5.74) is 0.922. The van der Waals surface area contributed by atoms with Crippen molar-refractivity contribution in [2.75, 3.05) is 34.9 Å². The summed E-state index contributed by atoms with van der Waals surface area (Å²) in [6.07, 6.45) is -0.0961. The van der Waals surface area contributed by atoms with Crippen LogP contribution in [-0.4, -0.2) is 122 Å². The van der Waals surface area contributed by atoms with Crippen molar-refractivity contribution in [1.29, 1.82) is 0 Å². The van der Waals surface area contributed by atoms with Gasteiger partial charge in [0.25, 0.3) is 0 Å². The zero-order chi connectivity index (χ0) is 43.4. The zero-order valence-corrected chi connectivity index (χ0v) is 37.1. The Balaban J connectivity index is 2.35. The molecule has 13 heteroatoms. The quantitative estimate of drug-likeness (QED) is 0.120. The number of hydrogen-bond acceptors (Lipinski definition) is 9. The van der Waals surface area contributed by atoms with Gasteiger partial charge in [-0.3, -0.25) is 19.2 Å². The summed E-state index contributed by atoms with van der Waals surface area (Å²) in [6.45, 7) is 23.2. The number of carbonyl (C=O) groups is 5. The van der Waals surface area contributed by atoms with Crippen molar-refractivity contribution >= 4 is 29.6 Å². The van der Waals surface area contributed by atoms with Gasteiger partial charge in [-0.1, -0.05) is 97.4 Å². The predicted molar refractivity (Wildman–Crippen MR) is 223 cm³/mol. The lowest BCUT2D eigenvalue weighted by Crippen LogP contribution is -2.59. The van der Waals surface area contributed by atoms with Gasteiger partial charge < -0.3 is 40.0 Å². The highest BCUT2D eigenvalue weighted by Gasteiger charge is 2.44. The normalized spacial score (nSPS) is 18.9. The Morgan fingerprint density at radius 1 is 0.912 bits per heavy atom. The highest BCUT2D eigenvalue weighted by Crippen LogP contribution is 2.31. The van der Waals surface area contributed by atoms with Crippen LogP contribution in [0.2, 0.25) is 0 Å². The number of hydrogen-bond donors (Lipinski definition) is 3. The third-order valence-corrected chi connectivity index (χ3v) is 11.0. The fraction of sp³-hybridized carbons (Fsp3) is 0.705. The molecule has 0 radical (unpaired) electrons. The fourth-order valence-electron chi connectivity index (χ4n) is 7.72. The lowest BCUT2D eigenvalue weighted by Gasteiger charge is -2.41. The first kappa shape index (κ1) is 49.3. The molecular weight excluding hydrogens is 727 g/mol. The van der Waals surface area contributed by atoms with E-state index in [-0.39, 0.29) is 54.9 Å². The van der Waals surface area contributed by atoms with Crippen molar-refractivity contribution in [1.82, 2.24) is 25.8 Å². The average molecular weight is 800 g/mol. The summed E-state index contributed by atoms with van der Waals surface area (Å²) < 4.78 is 17.7. The van der Waals surface area contributed by atoms with Gasteiger partial charge in [-0.25, -0.2) is 4.79 Å². The maximum atomic E-state index is 14.4. The van der Waals surface area contributed by atoms with Crippen molar-refractivity contribution in [3.05, 3.63) is 48.0 Å². The summed E-state index contributed by atoms with van der Waals surface area (Å²) in [7, 11) is 6.48. The molecule has 322 valence electrons. The van der Waals surface area contributed by atoms with Crippen molar-refractivity contribution in [3.63, 3.8) is 0 Å². The van der Waals surface area contributed by atoms with Crippen molar-refractivity contribution in [2.24, 2.45) is 23.7 Å². The van der Waals surface area contributed by atoms with Crippen LogP contribution in [0.5, 0.6) is 0 Å². The first-order chi connectivity index (χ1) is 26.6. The van der Waals surface area contributed by atoms with Gasteiger partial charge in [0.2, 0.25) is 23.6 Å². The highest BCUT2D eigenvalue weighted by atomic mass is 16.6. The second-order valence-corrected chi connectivity index (χ2v) is 17.4. The molecule has 0 aliphatic carbocycles. The van der Waals surface area contributed by atoms with Gasteiger partial charge in [-0.15, -0.1) is 0 Å². The van der Waals surface area contributed by atoms with Gasteiger partial charge in [0.15, 0.2) is 0 Å². The smallest absolute Gasteiger partial charge is 0.329 e. The van der Waals surface area contributed by atoms with E-state index in [2.05, 4.69) is 22.5 Å². The molecule has 0 saturated carbocycles. The van der Waals surface area contributed by atoms with E-state index in [1.807, 2.05) is 71.9 Å². The van der Waals surface area contributed by atoms with Crippen LogP contribution in [0.4, 0.5) is 0 Å². The van der Waals surface area contributed by atoms with Gasteiger partial charge in [0, 0.05) is 34.2 Å². The molecule has 0 spiro atoms. The van der Waals surface area contributed by atoms with Crippen molar-refractivity contribution < 1.29 is 38.2 Å². The largest absolute Gasteiger partial charge is 0.458 e. The number of likely N-dealkylation sites (N-methyl/N-ethyl adjacent to an activating group) is 2. The number of amides is 4. The number of rotatable bonds is 21. The number of likely N-dealkylation sites (tertiary alicyclic amines) is 1. The molecule has 0 bridgehead atoms. The second-order valence-electron chi connectivity index (χ2n) is 17.4. The maximum absolute atomic E-state index is 14.4. The second kappa shape index (κ2) is 22.4. The van der Waals surface area contributed by atoms with Gasteiger partial charge >= 0.3 is 5.97 Å². The minimum atomic E-state index is -0.946. The number of nitrogens with one attached hydrogen (secondary N) is 3. The van der Waals surface area contributed by atoms with E-state index in [1.165, 1.54) is 14.2 Å². The maximum Gasteiger partial charge on any atom is 0.329 e. The summed E-state index contributed by atoms with van der Waals surface area (Å²) in [5.74, 6) is -2.71. The molecule has 2 rings (SSSR count). The number of carbonyl (C=O) groups excluding carboxylic acids is 5. The molecule has 1 aromatic rings. The van der Waals surface area contributed by atoms with Crippen LogP contribution in [0.25, 0.3) is 0 Å². The van der Waals surface area contributed by atoms with E-state index >= 15 is 0 Å². The number of nitrogens with zero attached hydrogens (tertiary/aromatic N) is 2. The Morgan fingerprint density at radius 3 is 2.00 bits per heavy atom. The van der Waals surface area contributed by atoms with Gasteiger partial charge in [0.1, 0.15) is 17.7 Å². The first-order valence-corrected chi connectivity index (χ1v) is 20.4. The molecule has 0 aromatic heterocycles. The number of esters is 1. The number of methoxy groups -OCH3 is 2. The molecular formula is C44H73N5O8. The summed E-state index contributed by atoms with van der Waals surface area (Å²) >= 11 is 0. The molecule has 9 atom stereocenters. The molecule has 3 N–H and O–H groups in total. The summed E-state index contributed by atoms with van der Waals surface area (Å²) in [4.78, 5) is 72.4. The molecule has 1 aliphatic heterocycles. The Kier molecular flexibility index (Phi) is 19.4. The summed E-state index contributed by atoms with van der Waals surface area (Å²) in [5, 5.41) is 8.94. The summed E-state index contributed by atoms with van der Waals surface area (Å²) in [6, 6.07) is 6.18. The van der Waals surface area contributed by atoms with Crippen LogP contribution in [0.15, 0.2) is 42.5 Å². The van der Waals surface area contributed by atoms with E-state index in [9.17, 15) is 24.0 Å². The molecule has 1 fully saturated rings. The van der Waals surface area contributed by atoms with E-state index in [4.69, 9.17) is 14.2 Å². The predicted octanol–water partition coefficient (Wildman–Crippen LogP) is 4.53. The van der Waals surface area contributed by atoms with Crippen LogP contribution in [0, 0.1) is 23.7 Å². The van der Waals surface area contributed by atoms with Crippen LogP contribution in [0.1, 0.15) is 94.1 Å². The number of ether oxygens (including phenoxy) is 3. The average Bonchev–Trinajstić information content (AvgIpc) is 3.53. The molecule has 57 heavy (non-hydrogen) atoms. The monoisotopic (exact) mass is 800 g/mol. The van der Waals surface area contributed by atoms with E-state index < -0.39 is 65.8 Å². The lowest BCUT2D eigenvalue weighted by molar-refractivity contribution is -0.159. The Hall–Kier alpha value is -3.81.